The largest absolute Gasteiger partial charge is 0.360 e. The highest BCUT2D eigenvalue weighted by Crippen LogP contribution is 2.22. The van der Waals surface area contributed by atoms with Gasteiger partial charge in [-0.05, 0) is 17.9 Å². The number of nitrogens with zero attached hydrogens (tertiary/aromatic N) is 2. The third-order valence-corrected chi connectivity index (χ3v) is 4.44. The minimum Gasteiger partial charge on any atom is -0.360 e. The van der Waals surface area contributed by atoms with Crippen molar-refractivity contribution in [3.05, 3.63) is 47.9 Å². The van der Waals surface area contributed by atoms with E-state index in [-0.39, 0.29) is 17.5 Å². The first-order valence-electron chi connectivity index (χ1n) is 7.39. The van der Waals surface area contributed by atoms with Crippen molar-refractivity contribution >= 4 is 29.3 Å². The molecule has 6 nitrogen and oxygen atoms in total. The van der Waals surface area contributed by atoms with E-state index in [4.69, 9.17) is 4.52 Å². The smallest absolute Gasteiger partial charge is 0.274 e. The van der Waals surface area contributed by atoms with Gasteiger partial charge >= 0.3 is 0 Å². The number of hydrogen-bond donors (Lipinski definition) is 1. The first kappa shape index (κ1) is 15.6. The number of thioether (sulfide) groups is 1. The van der Waals surface area contributed by atoms with Gasteiger partial charge in [0.15, 0.2) is 5.69 Å². The quantitative estimate of drug-likeness (QED) is 0.820. The molecule has 0 radical (unpaired) electrons. The van der Waals surface area contributed by atoms with E-state index in [0.29, 0.717) is 18.1 Å². The third-order valence-electron chi connectivity index (χ3n) is 3.54. The summed E-state index contributed by atoms with van der Waals surface area (Å²) in [7, 11) is 0. The molecular weight excluding hydrogens is 314 g/mol. The van der Waals surface area contributed by atoms with E-state index in [0.717, 1.165) is 11.4 Å². The van der Waals surface area contributed by atoms with Gasteiger partial charge in [-0.2, -0.15) is 11.8 Å². The highest BCUT2D eigenvalue weighted by Gasteiger charge is 2.39. The average molecular weight is 331 g/mol. The molecule has 1 aliphatic rings. The van der Waals surface area contributed by atoms with Gasteiger partial charge in [0.25, 0.3) is 11.8 Å². The number of carbonyl (C=O) groups is 2. The number of carbonyl (C=O) groups excluding carboxylic acids is 2. The minimum absolute atomic E-state index is 0.116. The summed E-state index contributed by atoms with van der Waals surface area (Å²) in [6.07, 6.45) is 0. The molecule has 1 N–H and O–H groups in total. The van der Waals surface area contributed by atoms with Crippen LogP contribution in [-0.4, -0.2) is 35.3 Å². The number of anilines is 1. The van der Waals surface area contributed by atoms with Gasteiger partial charge in [-0.3, -0.25) is 9.59 Å². The Morgan fingerprint density at radius 3 is 2.91 bits per heavy atom. The number of nitrogens with one attached hydrogen (secondary N) is 1. The highest BCUT2D eigenvalue weighted by atomic mass is 32.2. The van der Waals surface area contributed by atoms with Gasteiger partial charge in [-0.15, -0.1) is 0 Å². The first-order valence-corrected chi connectivity index (χ1v) is 8.55. The monoisotopic (exact) mass is 331 g/mol. The summed E-state index contributed by atoms with van der Waals surface area (Å²) in [6, 6.07) is 10.5. The standard InChI is InChI=1S/C16H17N3O3S/c1-2-23-10-12-8-13(18-22-12)15(20)17-14-9-19(16(14)21)11-6-4-3-5-7-11/h3-8,14H,2,9-10H2,1H3,(H,17,20)/t14-/m0/s1. The summed E-state index contributed by atoms with van der Waals surface area (Å²) in [5, 5.41) is 6.45. The molecule has 0 bridgehead atoms. The van der Waals surface area contributed by atoms with Crippen LogP contribution in [-0.2, 0) is 10.5 Å². The summed E-state index contributed by atoms with van der Waals surface area (Å²) < 4.78 is 5.11. The molecule has 1 aromatic heterocycles. The van der Waals surface area contributed by atoms with Crippen molar-refractivity contribution < 1.29 is 14.1 Å². The van der Waals surface area contributed by atoms with E-state index in [2.05, 4.69) is 17.4 Å². The summed E-state index contributed by atoms with van der Waals surface area (Å²) in [5.41, 5.74) is 1.05. The Morgan fingerprint density at radius 2 is 2.22 bits per heavy atom. The van der Waals surface area contributed by atoms with Crippen molar-refractivity contribution in [2.24, 2.45) is 0 Å². The molecular formula is C16H17N3O3S. The Labute approximate surface area is 138 Å². The maximum absolute atomic E-state index is 12.1. The lowest BCUT2D eigenvalue weighted by Gasteiger charge is -2.38. The average Bonchev–Trinajstić information content (AvgIpc) is 3.05. The van der Waals surface area contributed by atoms with Gasteiger partial charge in [-0.1, -0.05) is 30.3 Å². The zero-order valence-corrected chi connectivity index (χ0v) is 13.5. The summed E-state index contributed by atoms with van der Waals surface area (Å²) in [6.45, 7) is 2.51. The zero-order valence-electron chi connectivity index (χ0n) is 12.7. The first-order chi connectivity index (χ1) is 11.2. The molecule has 1 aromatic carbocycles. The highest BCUT2D eigenvalue weighted by molar-refractivity contribution is 7.98. The van der Waals surface area contributed by atoms with Crippen LogP contribution in [0.5, 0.6) is 0 Å². The Hall–Kier alpha value is -2.28. The molecule has 0 aliphatic carbocycles. The van der Waals surface area contributed by atoms with E-state index in [9.17, 15) is 9.59 Å². The van der Waals surface area contributed by atoms with Crippen molar-refractivity contribution in [1.29, 1.82) is 0 Å². The van der Waals surface area contributed by atoms with Crippen LogP contribution < -0.4 is 10.2 Å². The third kappa shape index (κ3) is 3.39. The van der Waals surface area contributed by atoms with E-state index in [1.54, 1.807) is 22.7 Å². The molecule has 3 rings (SSSR count). The van der Waals surface area contributed by atoms with E-state index < -0.39 is 6.04 Å². The Kier molecular flexibility index (Phi) is 4.66. The summed E-state index contributed by atoms with van der Waals surface area (Å²) in [5.74, 6) is 1.81. The van der Waals surface area contributed by atoms with Crippen molar-refractivity contribution in [2.75, 3.05) is 17.2 Å². The number of amides is 2. The van der Waals surface area contributed by atoms with Crippen LogP contribution in [0.25, 0.3) is 0 Å². The van der Waals surface area contributed by atoms with E-state index >= 15 is 0 Å². The number of hydrogen-bond acceptors (Lipinski definition) is 5. The van der Waals surface area contributed by atoms with Crippen LogP contribution in [0.1, 0.15) is 23.2 Å². The van der Waals surface area contributed by atoms with Crippen molar-refractivity contribution in [2.45, 2.75) is 18.7 Å². The maximum atomic E-state index is 12.1. The Morgan fingerprint density at radius 1 is 1.43 bits per heavy atom. The Bertz CT molecular complexity index is 702. The molecule has 23 heavy (non-hydrogen) atoms. The minimum atomic E-state index is -0.507. The second-order valence-electron chi connectivity index (χ2n) is 5.13. The fourth-order valence-corrected chi connectivity index (χ4v) is 2.84. The number of para-hydroxylation sites is 1. The SMILES string of the molecule is CCSCc1cc(C(=O)N[C@H]2CN(c3ccccc3)C2=O)no1. The number of β-lactam (4-membered cyclic amide) rings is 1. The molecule has 2 heterocycles. The van der Waals surface area contributed by atoms with E-state index in [1.807, 2.05) is 30.3 Å². The molecule has 1 aliphatic heterocycles. The number of rotatable bonds is 6. The molecule has 2 amide bonds. The van der Waals surface area contributed by atoms with E-state index in [1.165, 1.54) is 0 Å². The zero-order chi connectivity index (χ0) is 16.2. The maximum Gasteiger partial charge on any atom is 0.274 e. The molecule has 2 aromatic rings. The van der Waals surface area contributed by atoms with Crippen LogP contribution in [0.2, 0.25) is 0 Å². The van der Waals surface area contributed by atoms with Gasteiger partial charge < -0.3 is 14.7 Å². The molecule has 1 saturated heterocycles. The molecule has 1 fully saturated rings. The topological polar surface area (TPSA) is 75.4 Å². The van der Waals surface area contributed by atoms with Crippen LogP contribution in [0.3, 0.4) is 0 Å². The fourth-order valence-electron chi connectivity index (χ4n) is 2.30. The molecule has 7 heteroatoms. The van der Waals surface area contributed by atoms with Gasteiger partial charge in [0.1, 0.15) is 11.8 Å². The Balaban J connectivity index is 1.55. The lowest BCUT2D eigenvalue weighted by molar-refractivity contribution is -0.124. The number of aromatic nitrogens is 1. The second kappa shape index (κ2) is 6.87. The van der Waals surface area contributed by atoms with Crippen LogP contribution >= 0.6 is 11.8 Å². The van der Waals surface area contributed by atoms with Crippen molar-refractivity contribution in [3.63, 3.8) is 0 Å². The lowest BCUT2D eigenvalue weighted by atomic mass is 10.1. The predicted molar refractivity (Wildman–Crippen MR) is 88.4 cm³/mol. The van der Waals surface area contributed by atoms with Gasteiger partial charge in [-0.25, -0.2) is 0 Å². The molecule has 0 spiro atoms. The lowest BCUT2D eigenvalue weighted by Crippen LogP contribution is -2.64. The van der Waals surface area contributed by atoms with Crippen molar-refractivity contribution in [3.8, 4) is 0 Å². The molecule has 0 unspecified atom stereocenters. The van der Waals surface area contributed by atoms with Crippen LogP contribution in [0, 0.1) is 0 Å². The van der Waals surface area contributed by atoms with Gasteiger partial charge in [0.2, 0.25) is 0 Å². The summed E-state index contributed by atoms with van der Waals surface area (Å²) >= 11 is 1.69. The normalized spacial score (nSPS) is 17.0. The van der Waals surface area contributed by atoms with Gasteiger partial charge in [0, 0.05) is 11.8 Å². The molecule has 120 valence electrons. The second-order valence-corrected chi connectivity index (χ2v) is 6.40. The fraction of sp³-hybridized carbons (Fsp3) is 0.312. The van der Waals surface area contributed by atoms with Crippen molar-refractivity contribution in [1.82, 2.24) is 10.5 Å². The molecule has 1 atom stereocenters. The van der Waals surface area contributed by atoms with Gasteiger partial charge in [0.05, 0.1) is 12.3 Å². The van der Waals surface area contributed by atoms with Crippen LogP contribution in [0.15, 0.2) is 40.9 Å². The predicted octanol–water partition coefficient (Wildman–Crippen LogP) is 2.07. The summed E-state index contributed by atoms with van der Waals surface area (Å²) in [4.78, 5) is 25.9. The van der Waals surface area contributed by atoms with Crippen LogP contribution in [0.4, 0.5) is 5.69 Å². The molecule has 0 saturated carbocycles. The number of benzene rings is 1.